The Morgan fingerprint density at radius 3 is 2.84 bits per heavy atom. The highest BCUT2D eigenvalue weighted by Crippen LogP contribution is 2.22. The highest BCUT2D eigenvalue weighted by Gasteiger charge is 2.27. The van der Waals surface area contributed by atoms with Gasteiger partial charge in [0.15, 0.2) is 0 Å². The van der Waals surface area contributed by atoms with Crippen molar-refractivity contribution in [3.8, 4) is 0 Å². The number of likely N-dealkylation sites (tertiary alicyclic amines) is 1. The van der Waals surface area contributed by atoms with Crippen molar-refractivity contribution in [1.82, 2.24) is 19.4 Å². The predicted octanol–water partition coefficient (Wildman–Crippen LogP) is 1.89. The molecule has 1 fully saturated rings. The Kier molecular flexibility index (Phi) is 5.54. The van der Waals surface area contributed by atoms with E-state index in [1.165, 1.54) is 24.5 Å². The van der Waals surface area contributed by atoms with Crippen LogP contribution in [0.15, 0.2) is 0 Å². The second-order valence-corrected chi connectivity index (χ2v) is 5.73. The van der Waals surface area contributed by atoms with E-state index in [2.05, 4.69) is 45.5 Å². The maximum Gasteiger partial charge on any atom is 0.134 e. The third-order valence-electron chi connectivity index (χ3n) is 3.84. The summed E-state index contributed by atoms with van der Waals surface area (Å²) in [6.07, 6.45) is 1.27. The van der Waals surface area contributed by atoms with Gasteiger partial charge < -0.3 is 5.32 Å². The van der Waals surface area contributed by atoms with Crippen molar-refractivity contribution in [2.24, 2.45) is 0 Å². The fraction of sp³-hybridized carbons (Fsp3) is 0.846. The van der Waals surface area contributed by atoms with Crippen molar-refractivity contribution in [2.75, 3.05) is 38.0 Å². The first kappa shape index (κ1) is 14.7. The lowest BCUT2D eigenvalue weighted by Gasteiger charge is -2.26. The Bertz CT molecular complexity index is 377. The summed E-state index contributed by atoms with van der Waals surface area (Å²) in [4.78, 5) is 5.06. The molecule has 2 rings (SSSR count). The molecule has 0 spiro atoms. The van der Waals surface area contributed by atoms with Crippen molar-refractivity contribution >= 4 is 16.5 Å². The number of aromatic nitrogens is 2. The lowest BCUT2D eigenvalue weighted by Crippen LogP contribution is -2.37. The number of nitrogens with one attached hydrogen (secondary N) is 1. The van der Waals surface area contributed by atoms with Gasteiger partial charge in [0, 0.05) is 43.8 Å². The molecule has 1 atom stereocenters. The molecule has 1 aromatic rings. The number of rotatable bonds is 7. The van der Waals surface area contributed by atoms with E-state index in [0.717, 1.165) is 43.4 Å². The fourth-order valence-corrected chi connectivity index (χ4v) is 3.45. The van der Waals surface area contributed by atoms with E-state index in [9.17, 15) is 0 Å². The summed E-state index contributed by atoms with van der Waals surface area (Å²) < 4.78 is 4.06. The molecule has 6 heteroatoms. The number of anilines is 1. The Morgan fingerprint density at radius 1 is 1.37 bits per heavy atom. The molecule has 0 saturated carbocycles. The fourth-order valence-electron chi connectivity index (χ4n) is 2.81. The zero-order chi connectivity index (χ0) is 13.7. The normalized spacial score (nSPS) is 20.3. The molecular weight excluding hydrogens is 258 g/mol. The molecular formula is C13H25N5S. The first-order chi connectivity index (χ1) is 9.28. The van der Waals surface area contributed by atoms with Crippen LogP contribution in [-0.4, -0.2) is 58.2 Å². The lowest BCUT2D eigenvalue weighted by atomic mass is 10.2. The van der Waals surface area contributed by atoms with Gasteiger partial charge in [-0.15, -0.1) is 5.10 Å². The van der Waals surface area contributed by atoms with Crippen LogP contribution in [0.3, 0.4) is 0 Å². The van der Waals surface area contributed by atoms with Gasteiger partial charge in [-0.05, 0) is 26.4 Å². The van der Waals surface area contributed by atoms with Crippen LogP contribution in [0.5, 0.6) is 0 Å². The van der Waals surface area contributed by atoms with Gasteiger partial charge >= 0.3 is 0 Å². The summed E-state index contributed by atoms with van der Waals surface area (Å²) in [6, 6.07) is 0.712. The molecule has 1 aliphatic heterocycles. The van der Waals surface area contributed by atoms with E-state index >= 15 is 0 Å². The molecule has 1 saturated heterocycles. The van der Waals surface area contributed by atoms with Crippen LogP contribution in [0.4, 0.5) is 5.00 Å². The topological polar surface area (TPSA) is 44.3 Å². The van der Waals surface area contributed by atoms with E-state index in [1.807, 2.05) is 0 Å². The first-order valence-corrected chi connectivity index (χ1v) is 8.07. The predicted molar refractivity (Wildman–Crippen MR) is 80.7 cm³/mol. The van der Waals surface area contributed by atoms with E-state index in [4.69, 9.17) is 0 Å². The largest absolute Gasteiger partial charge is 0.374 e. The molecule has 0 aromatic carbocycles. The molecule has 0 radical (unpaired) electrons. The second kappa shape index (κ2) is 7.17. The maximum absolute atomic E-state index is 4.26. The van der Waals surface area contributed by atoms with Gasteiger partial charge in [-0.1, -0.05) is 18.3 Å². The van der Waals surface area contributed by atoms with Gasteiger partial charge in [-0.3, -0.25) is 9.80 Å². The van der Waals surface area contributed by atoms with Crippen LogP contribution in [0.25, 0.3) is 0 Å². The van der Waals surface area contributed by atoms with E-state index in [-0.39, 0.29) is 0 Å². The zero-order valence-electron chi connectivity index (χ0n) is 12.2. The summed E-state index contributed by atoms with van der Waals surface area (Å²) in [6.45, 7) is 13.1. The van der Waals surface area contributed by atoms with Gasteiger partial charge in [0.2, 0.25) is 0 Å². The molecule has 1 N–H and O–H groups in total. The van der Waals surface area contributed by atoms with Crippen molar-refractivity contribution in [2.45, 2.75) is 39.8 Å². The summed E-state index contributed by atoms with van der Waals surface area (Å²) in [7, 11) is 0. The standard InChI is InChI=1S/C13H25N5S/c1-4-14-13-12(15-16-19-13)10-17-8-7-11(9-17)18(5-2)6-3/h11,14H,4-10H2,1-3H3. The SMILES string of the molecule is CCNc1snnc1CN1CCC(N(CC)CC)C1. The quantitative estimate of drug-likeness (QED) is 0.828. The van der Waals surface area contributed by atoms with E-state index < -0.39 is 0 Å². The molecule has 1 unspecified atom stereocenters. The maximum atomic E-state index is 4.26. The molecule has 19 heavy (non-hydrogen) atoms. The van der Waals surface area contributed by atoms with Gasteiger partial charge in [-0.2, -0.15) is 0 Å². The van der Waals surface area contributed by atoms with Crippen LogP contribution in [-0.2, 0) is 6.54 Å². The summed E-state index contributed by atoms with van der Waals surface area (Å²) in [5.74, 6) is 0. The van der Waals surface area contributed by atoms with Crippen molar-refractivity contribution in [3.63, 3.8) is 0 Å². The van der Waals surface area contributed by atoms with Crippen LogP contribution in [0.1, 0.15) is 32.9 Å². The summed E-state index contributed by atoms with van der Waals surface area (Å²) >= 11 is 1.46. The molecule has 1 aliphatic rings. The Hall–Kier alpha value is -0.720. The number of likely N-dealkylation sites (N-methyl/N-ethyl adjacent to an activating group) is 1. The molecule has 108 valence electrons. The highest BCUT2D eigenvalue weighted by atomic mass is 32.1. The zero-order valence-corrected chi connectivity index (χ0v) is 13.0. The number of nitrogens with zero attached hydrogens (tertiary/aromatic N) is 4. The average Bonchev–Trinajstić information content (AvgIpc) is 3.03. The minimum absolute atomic E-state index is 0.712. The van der Waals surface area contributed by atoms with Crippen LogP contribution in [0.2, 0.25) is 0 Å². The summed E-state index contributed by atoms with van der Waals surface area (Å²) in [5, 5.41) is 8.74. The monoisotopic (exact) mass is 283 g/mol. The first-order valence-electron chi connectivity index (χ1n) is 7.29. The minimum atomic E-state index is 0.712. The van der Waals surface area contributed by atoms with Crippen LogP contribution < -0.4 is 5.32 Å². The van der Waals surface area contributed by atoms with Gasteiger partial charge in [0.1, 0.15) is 10.7 Å². The number of hydrogen-bond acceptors (Lipinski definition) is 6. The Labute approximate surface area is 120 Å². The van der Waals surface area contributed by atoms with Crippen molar-refractivity contribution < 1.29 is 0 Å². The second-order valence-electron chi connectivity index (χ2n) is 4.98. The van der Waals surface area contributed by atoms with Gasteiger partial charge in [0.05, 0.1) is 0 Å². The van der Waals surface area contributed by atoms with Crippen molar-refractivity contribution in [3.05, 3.63) is 5.69 Å². The van der Waals surface area contributed by atoms with E-state index in [1.54, 1.807) is 0 Å². The van der Waals surface area contributed by atoms with E-state index in [0.29, 0.717) is 6.04 Å². The molecule has 0 bridgehead atoms. The minimum Gasteiger partial charge on any atom is -0.374 e. The third-order valence-corrected chi connectivity index (χ3v) is 4.57. The van der Waals surface area contributed by atoms with Crippen LogP contribution in [0, 0.1) is 0 Å². The molecule has 5 nitrogen and oxygen atoms in total. The summed E-state index contributed by atoms with van der Waals surface area (Å²) in [5.41, 5.74) is 1.10. The molecule has 0 aliphatic carbocycles. The average molecular weight is 283 g/mol. The smallest absolute Gasteiger partial charge is 0.134 e. The van der Waals surface area contributed by atoms with Crippen molar-refractivity contribution in [1.29, 1.82) is 0 Å². The molecule has 2 heterocycles. The lowest BCUT2D eigenvalue weighted by molar-refractivity contribution is 0.208. The van der Waals surface area contributed by atoms with Crippen LogP contribution >= 0.6 is 11.5 Å². The van der Waals surface area contributed by atoms with Gasteiger partial charge in [-0.25, -0.2) is 0 Å². The molecule has 0 amide bonds. The highest BCUT2D eigenvalue weighted by molar-refractivity contribution is 7.10. The third kappa shape index (κ3) is 3.64. The molecule has 1 aromatic heterocycles. The van der Waals surface area contributed by atoms with Gasteiger partial charge in [0.25, 0.3) is 0 Å². The Morgan fingerprint density at radius 2 is 2.16 bits per heavy atom. The number of hydrogen-bond donors (Lipinski definition) is 1. The Balaban J connectivity index is 1.89.